The van der Waals surface area contributed by atoms with E-state index in [2.05, 4.69) is 25.9 Å². The number of allylic oxidation sites excluding steroid dienone is 4. The predicted molar refractivity (Wildman–Crippen MR) is 57.0 cm³/mol. The normalized spacial score (nSPS) is 21.1. The zero-order chi connectivity index (χ0) is 10.6. The molecule has 0 unspecified atom stereocenters. The van der Waals surface area contributed by atoms with Crippen molar-refractivity contribution < 1.29 is 0 Å². The second kappa shape index (κ2) is 4.71. The van der Waals surface area contributed by atoms with Crippen molar-refractivity contribution in [3.63, 3.8) is 0 Å². The minimum atomic E-state index is 0.281. The highest BCUT2D eigenvalue weighted by Gasteiger charge is 2.14. The highest BCUT2D eigenvalue weighted by atomic mass is 79.9. The fraction of sp³-hybridized carbons (Fsp3) is 0. The first-order valence-corrected chi connectivity index (χ1v) is 4.55. The van der Waals surface area contributed by atoms with Gasteiger partial charge in [-0.25, -0.2) is 0 Å². The third-order valence-corrected chi connectivity index (χ3v) is 2.30. The SMILES string of the molecule is N#CN=C1C=C(Br)C(=NC#N)C=C1Cl. The highest BCUT2D eigenvalue weighted by Crippen LogP contribution is 2.20. The molecule has 0 N–H and O–H groups in total. The lowest BCUT2D eigenvalue weighted by Crippen LogP contribution is -2.07. The van der Waals surface area contributed by atoms with Crippen molar-refractivity contribution in [2.75, 3.05) is 0 Å². The summed E-state index contributed by atoms with van der Waals surface area (Å²) in [6.45, 7) is 0. The third kappa shape index (κ3) is 2.29. The molecule has 0 amide bonds. The van der Waals surface area contributed by atoms with E-state index in [1.54, 1.807) is 12.4 Å². The Morgan fingerprint density at radius 2 is 1.71 bits per heavy atom. The van der Waals surface area contributed by atoms with Crippen LogP contribution in [0, 0.1) is 22.9 Å². The van der Waals surface area contributed by atoms with Crippen molar-refractivity contribution in [3.8, 4) is 12.4 Å². The van der Waals surface area contributed by atoms with E-state index in [0.29, 0.717) is 15.9 Å². The maximum absolute atomic E-state index is 8.35. The summed E-state index contributed by atoms with van der Waals surface area (Å²) >= 11 is 8.96. The molecule has 1 aliphatic carbocycles. The van der Waals surface area contributed by atoms with Crippen molar-refractivity contribution in [1.29, 1.82) is 10.5 Å². The van der Waals surface area contributed by atoms with Crippen LogP contribution in [0.3, 0.4) is 0 Å². The van der Waals surface area contributed by atoms with Gasteiger partial charge in [-0.05, 0) is 28.1 Å². The van der Waals surface area contributed by atoms with Crippen LogP contribution in [-0.4, -0.2) is 11.4 Å². The highest BCUT2D eigenvalue weighted by molar-refractivity contribution is 9.12. The van der Waals surface area contributed by atoms with Crippen LogP contribution in [0.15, 0.2) is 31.7 Å². The number of hydrogen-bond donors (Lipinski definition) is 0. The van der Waals surface area contributed by atoms with Gasteiger partial charge in [0.25, 0.3) is 0 Å². The van der Waals surface area contributed by atoms with Crippen LogP contribution in [0.25, 0.3) is 0 Å². The average molecular weight is 269 g/mol. The first kappa shape index (κ1) is 10.6. The van der Waals surface area contributed by atoms with Crippen LogP contribution in [0.2, 0.25) is 0 Å². The van der Waals surface area contributed by atoms with Gasteiger partial charge in [0.2, 0.25) is 12.4 Å². The smallest absolute Gasteiger partial charge is 0.173 e. The molecule has 0 saturated heterocycles. The van der Waals surface area contributed by atoms with Crippen molar-refractivity contribution >= 4 is 39.0 Å². The lowest BCUT2D eigenvalue weighted by Gasteiger charge is -2.06. The van der Waals surface area contributed by atoms with Crippen LogP contribution < -0.4 is 0 Å². The molecule has 0 bridgehead atoms. The number of hydrogen-bond acceptors (Lipinski definition) is 4. The van der Waals surface area contributed by atoms with Gasteiger partial charge >= 0.3 is 0 Å². The Labute approximate surface area is 93.7 Å². The van der Waals surface area contributed by atoms with Gasteiger partial charge in [-0.1, -0.05) is 11.6 Å². The van der Waals surface area contributed by atoms with Crippen LogP contribution in [0.4, 0.5) is 0 Å². The average Bonchev–Trinajstić information content (AvgIpc) is 2.14. The van der Waals surface area contributed by atoms with Gasteiger partial charge in [0, 0.05) is 4.48 Å². The molecule has 0 fully saturated rings. The summed E-state index contributed by atoms with van der Waals surface area (Å²) in [6.07, 6.45) is 6.26. The summed E-state index contributed by atoms with van der Waals surface area (Å²) in [5.41, 5.74) is 0.757. The van der Waals surface area contributed by atoms with Gasteiger partial charge in [-0.3, -0.25) is 0 Å². The first-order valence-electron chi connectivity index (χ1n) is 3.37. The summed E-state index contributed by atoms with van der Waals surface area (Å²) in [5.74, 6) is 0. The second-order valence-corrected chi connectivity index (χ2v) is 3.44. The van der Waals surface area contributed by atoms with E-state index in [9.17, 15) is 0 Å². The maximum Gasteiger partial charge on any atom is 0.206 e. The van der Waals surface area contributed by atoms with Gasteiger partial charge < -0.3 is 0 Å². The number of aliphatic imine (C=N–C) groups is 2. The van der Waals surface area contributed by atoms with Crippen molar-refractivity contribution in [2.45, 2.75) is 0 Å². The molecule has 0 heterocycles. The van der Waals surface area contributed by atoms with Gasteiger partial charge in [-0.15, -0.1) is 0 Å². The number of nitriles is 2. The molecule has 6 heteroatoms. The number of rotatable bonds is 0. The second-order valence-electron chi connectivity index (χ2n) is 2.18. The molecule has 0 aromatic rings. The lowest BCUT2D eigenvalue weighted by atomic mass is 10.1. The number of halogens is 2. The van der Waals surface area contributed by atoms with E-state index in [0.717, 1.165) is 0 Å². The Bertz CT molecular complexity index is 415. The van der Waals surface area contributed by atoms with Crippen LogP contribution in [-0.2, 0) is 0 Å². The Kier molecular flexibility index (Phi) is 3.58. The van der Waals surface area contributed by atoms with Crippen molar-refractivity contribution in [1.82, 2.24) is 0 Å². The molecule has 0 saturated carbocycles. The molecule has 0 aromatic carbocycles. The van der Waals surface area contributed by atoms with Crippen LogP contribution >= 0.6 is 27.5 Å². The Morgan fingerprint density at radius 3 is 2.29 bits per heavy atom. The minimum absolute atomic E-state index is 0.281. The zero-order valence-electron chi connectivity index (χ0n) is 6.70. The van der Waals surface area contributed by atoms with E-state index in [1.807, 2.05) is 0 Å². The molecular weight excluding hydrogens is 267 g/mol. The van der Waals surface area contributed by atoms with E-state index in [4.69, 9.17) is 22.1 Å². The number of nitrogens with zero attached hydrogens (tertiary/aromatic N) is 4. The summed E-state index contributed by atoms with van der Waals surface area (Å²) in [5, 5.41) is 17.0. The van der Waals surface area contributed by atoms with E-state index in [1.165, 1.54) is 12.2 Å². The van der Waals surface area contributed by atoms with Gasteiger partial charge in [0.05, 0.1) is 16.5 Å². The van der Waals surface area contributed by atoms with E-state index < -0.39 is 0 Å². The van der Waals surface area contributed by atoms with Gasteiger partial charge in [-0.2, -0.15) is 20.5 Å². The summed E-state index contributed by atoms with van der Waals surface area (Å²) in [7, 11) is 0. The fourth-order valence-corrected chi connectivity index (χ4v) is 1.43. The Morgan fingerprint density at radius 1 is 1.14 bits per heavy atom. The zero-order valence-corrected chi connectivity index (χ0v) is 9.04. The predicted octanol–water partition coefficient (Wildman–Crippen LogP) is 2.25. The first-order chi connectivity index (χ1) is 6.69. The van der Waals surface area contributed by atoms with E-state index >= 15 is 0 Å². The topological polar surface area (TPSA) is 72.3 Å². The Hall–Kier alpha value is -1.43. The lowest BCUT2D eigenvalue weighted by molar-refractivity contribution is 1.43. The summed E-state index contributed by atoms with van der Waals surface area (Å²) in [6, 6.07) is 0. The molecule has 4 nitrogen and oxygen atoms in total. The molecule has 1 rings (SSSR count). The molecule has 0 spiro atoms. The summed E-state index contributed by atoms with van der Waals surface area (Å²) < 4.78 is 0.567. The molecular formula is C8H2BrClN4. The standard InChI is InChI=1S/C8H2BrClN4/c9-5-1-8(14-4-12)6(10)2-7(5)13-3-11/h1-2H. The molecule has 14 heavy (non-hydrogen) atoms. The Balaban J connectivity index is 3.17. The third-order valence-electron chi connectivity index (χ3n) is 1.36. The van der Waals surface area contributed by atoms with E-state index in [-0.39, 0.29) is 5.03 Å². The monoisotopic (exact) mass is 268 g/mol. The largest absolute Gasteiger partial charge is 0.206 e. The minimum Gasteiger partial charge on any atom is -0.173 e. The molecule has 0 aromatic heterocycles. The van der Waals surface area contributed by atoms with Gasteiger partial charge in [0.1, 0.15) is 0 Å². The quantitative estimate of drug-likeness (QED) is 0.500. The molecule has 68 valence electrons. The molecule has 1 aliphatic rings. The van der Waals surface area contributed by atoms with Crippen molar-refractivity contribution in [2.24, 2.45) is 9.98 Å². The molecule has 0 atom stereocenters. The summed E-state index contributed by atoms with van der Waals surface area (Å²) in [4.78, 5) is 7.01. The molecule has 0 aliphatic heterocycles. The molecule has 0 radical (unpaired) electrons. The maximum atomic E-state index is 8.35. The fourth-order valence-electron chi connectivity index (χ4n) is 0.805. The van der Waals surface area contributed by atoms with Gasteiger partial charge in [0.15, 0.2) is 0 Å². The van der Waals surface area contributed by atoms with Crippen LogP contribution in [0.5, 0.6) is 0 Å². The van der Waals surface area contributed by atoms with Crippen molar-refractivity contribution in [3.05, 3.63) is 21.7 Å². The van der Waals surface area contributed by atoms with Crippen LogP contribution in [0.1, 0.15) is 0 Å².